The van der Waals surface area contributed by atoms with E-state index in [1.54, 1.807) is 6.07 Å². The molecule has 0 aliphatic heterocycles. The van der Waals surface area contributed by atoms with Gasteiger partial charge >= 0.3 is 5.97 Å². The van der Waals surface area contributed by atoms with Crippen LogP contribution >= 0.6 is 11.3 Å². The second-order valence-electron chi connectivity index (χ2n) is 4.97. The number of carbonyl (C=O) groups is 1. The van der Waals surface area contributed by atoms with E-state index in [0.717, 1.165) is 30.0 Å². The number of hydrogen-bond acceptors (Lipinski definition) is 4. The Morgan fingerprint density at radius 3 is 2.79 bits per heavy atom. The summed E-state index contributed by atoms with van der Waals surface area (Å²) >= 11 is 1.33. The van der Waals surface area contributed by atoms with Gasteiger partial charge in [-0.3, -0.25) is 0 Å². The summed E-state index contributed by atoms with van der Waals surface area (Å²) in [6.07, 6.45) is 1.09. The van der Waals surface area contributed by atoms with Crippen molar-refractivity contribution in [3.05, 3.63) is 21.4 Å². The Kier molecular flexibility index (Phi) is 7.05. The van der Waals surface area contributed by atoms with Gasteiger partial charge in [0, 0.05) is 24.6 Å². The zero-order valence-corrected chi connectivity index (χ0v) is 12.7. The van der Waals surface area contributed by atoms with E-state index in [-0.39, 0.29) is 0 Å². The Balaban J connectivity index is 2.17. The Hall–Kier alpha value is -0.910. The highest BCUT2D eigenvalue weighted by Gasteiger charge is 2.10. The van der Waals surface area contributed by atoms with E-state index < -0.39 is 5.97 Å². The third-order valence-electron chi connectivity index (χ3n) is 2.81. The average Bonchev–Trinajstić information content (AvgIpc) is 2.69. The molecule has 1 rings (SSSR count). The standard InChI is InChI=1S/C14H23NO3S/c1-10(2)4-6-18-7-5-15-9-12-8-13(14(16)17)19-11(12)3/h8,10,15H,4-7,9H2,1-3H3,(H,16,17). The quantitative estimate of drug-likeness (QED) is 0.685. The largest absolute Gasteiger partial charge is 0.477 e. The topological polar surface area (TPSA) is 58.6 Å². The van der Waals surface area contributed by atoms with Crippen LogP contribution in [0.2, 0.25) is 0 Å². The van der Waals surface area contributed by atoms with Crippen LogP contribution < -0.4 is 5.32 Å². The van der Waals surface area contributed by atoms with Crippen molar-refractivity contribution in [1.82, 2.24) is 5.32 Å². The van der Waals surface area contributed by atoms with Crippen LogP contribution in [0, 0.1) is 12.8 Å². The molecule has 0 fully saturated rings. The Labute approximate surface area is 118 Å². The molecule has 0 spiro atoms. The first-order valence-corrected chi connectivity index (χ1v) is 7.43. The number of aromatic carboxylic acids is 1. The summed E-state index contributed by atoms with van der Waals surface area (Å²) in [5, 5.41) is 12.2. The zero-order valence-electron chi connectivity index (χ0n) is 11.9. The molecule has 19 heavy (non-hydrogen) atoms. The lowest BCUT2D eigenvalue weighted by Crippen LogP contribution is -2.19. The van der Waals surface area contributed by atoms with Crippen molar-refractivity contribution < 1.29 is 14.6 Å². The molecule has 0 aliphatic rings. The number of rotatable bonds is 9. The molecule has 1 aromatic rings. The maximum absolute atomic E-state index is 10.8. The highest BCUT2D eigenvalue weighted by atomic mass is 32.1. The fourth-order valence-corrected chi connectivity index (χ4v) is 2.47. The van der Waals surface area contributed by atoms with Gasteiger partial charge in [-0.05, 0) is 30.9 Å². The first kappa shape index (κ1) is 16.1. The molecule has 2 N–H and O–H groups in total. The molecule has 0 bridgehead atoms. The van der Waals surface area contributed by atoms with Crippen LogP contribution in [0.1, 0.15) is 40.4 Å². The Morgan fingerprint density at radius 1 is 1.47 bits per heavy atom. The molecule has 0 aromatic carbocycles. The van der Waals surface area contributed by atoms with Crippen molar-refractivity contribution in [1.29, 1.82) is 0 Å². The number of nitrogens with one attached hydrogen (secondary N) is 1. The summed E-state index contributed by atoms with van der Waals surface area (Å²) in [7, 11) is 0. The van der Waals surface area contributed by atoms with Gasteiger partial charge < -0.3 is 15.2 Å². The molecule has 0 unspecified atom stereocenters. The number of aryl methyl sites for hydroxylation is 1. The maximum Gasteiger partial charge on any atom is 0.345 e. The lowest BCUT2D eigenvalue weighted by Gasteiger charge is -2.07. The molecule has 1 aromatic heterocycles. The summed E-state index contributed by atoms with van der Waals surface area (Å²) in [5.74, 6) is -0.174. The third kappa shape index (κ3) is 6.18. The van der Waals surface area contributed by atoms with Crippen LogP contribution in [0.4, 0.5) is 0 Å². The second kappa shape index (κ2) is 8.30. The van der Waals surface area contributed by atoms with Crippen LogP contribution in [-0.4, -0.2) is 30.8 Å². The van der Waals surface area contributed by atoms with Gasteiger partial charge in [0.15, 0.2) is 0 Å². The van der Waals surface area contributed by atoms with E-state index in [1.165, 1.54) is 11.3 Å². The van der Waals surface area contributed by atoms with E-state index in [0.29, 0.717) is 23.9 Å². The number of carboxylic acids is 1. The predicted octanol–water partition coefficient (Wildman–Crippen LogP) is 2.91. The summed E-state index contributed by atoms with van der Waals surface area (Å²) in [6, 6.07) is 1.74. The van der Waals surface area contributed by atoms with E-state index >= 15 is 0 Å². The van der Waals surface area contributed by atoms with E-state index in [4.69, 9.17) is 9.84 Å². The van der Waals surface area contributed by atoms with Crippen molar-refractivity contribution in [3.63, 3.8) is 0 Å². The minimum atomic E-state index is -0.851. The van der Waals surface area contributed by atoms with Gasteiger partial charge in [-0.15, -0.1) is 11.3 Å². The first-order chi connectivity index (χ1) is 9.00. The molecule has 1 heterocycles. The molecule has 0 saturated heterocycles. The monoisotopic (exact) mass is 285 g/mol. The number of thiophene rings is 1. The molecular formula is C14H23NO3S. The van der Waals surface area contributed by atoms with Crippen molar-refractivity contribution in [3.8, 4) is 0 Å². The molecule has 0 aliphatic carbocycles. The van der Waals surface area contributed by atoms with Gasteiger partial charge in [0.05, 0.1) is 6.61 Å². The molecule has 5 heteroatoms. The van der Waals surface area contributed by atoms with Crippen LogP contribution in [0.15, 0.2) is 6.07 Å². The zero-order chi connectivity index (χ0) is 14.3. The van der Waals surface area contributed by atoms with Gasteiger partial charge in [-0.25, -0.2) is 4.79 Å². The van der Waals surface area contributed by atoms with Gasteiger partial charge in [0.1, 0.15) is 4.88 Å². The van der Waals surface area contributed by atoms with Gasteiger partial charge in [0.2, 0.25) is 0 Å². The van der Waals surface area contributed by atoms with E-state index in [2.05, 4.69) is 19.2 Å². The SMILES string of the molecule is Cc1sc(C(=O)O)cc1CNCCOCCC(C)C. The summed E-state index contributed by atoms with van der Waals surface area (Å²) in [4.78, 5) is 12.3. The van der Waals surface area contributed by atoms with Crippen molar-refractivity contribution >= 4 is 17.3 Å². The fourth-order valence-electron chi connectivity index (χ4n) is 1.59. The van der Waals surface area contributed by atoms with Crippen LogP contribution in [-0.2, 0) is 11.3 Å². The first-order valence-electron chi connectivity index (χ1n) is 6.61. The average molecular weight is 285 g/mol. The smallest absolute Gasteiger partial charge is 0.345 e. The van der Waals surface area contributed by atoms with Crippen LogP contribution in [0.25, 0.3) is 0 Å². The number of hydrogen-bond donors (Lipinski definition) is 2. The maximum atomic E-state index is 10.8. The van der Waals surface area contributed by atoms with Gasteiger partial charge in [0.25, 0.3) is 0 Å². The highest BCUT2D eigenvalue weighted by molar-refractivity contribution is 7.14. The summed E-state index contributed by atoms with van der Waals surface area (Å²) in [5.41, 5.74) is 1.06. The molecular weight excluding hydrogens is 262 g/mol. The fraction of sp³-hybridized carbons (Fsp3) is 0.643. The molecule has 108 valence electrons. The van der Waals surface area contributed by atoms with Crippen molar-refractivity contribution in [2.75, 3.05) is 19.8 Å². The minimum Gasteiger partial charge on any atom is -0.477 e. The lowest BCUT2D eigenvalue weighted by molar-refractivity contribution is 0.0702. The van der Waals surface area contributed by atoms with Crippen LogP contribution in [0.5, 0.6) is 0 Å². The van der Waals surface area contributed by atoms with Crippen molar-refractivity contribution in [2.45, 2.75) is 33.7 Å². The summed E-state index contributed by atoms with van der Waals surface area (Å²) in [6.45, 7) is 9.30. The molecule has 0 radical (unpaired) electrons. The Bertz CT molecular complexity index is 401. The second-order valence-corrected chi connectivity index (χ2v) is 6.23. The Morgan fingerprint density at radius 2 is 2.21 bits per heavy atom. The van der Waals surface area contributed by atoms with Gasteiger partial charge in [-0.2, -0.15) is 0 Å². The van der Waals surface area contributed by atoms with Crippen molar-refractivity contribution in [2.24, 2.45) is 5.92 Å². The highest BCUT2D eigenvalue weighted by Crippen LogP contribution is 2.21. The molecule has 0 saturated carbocycles. The van der Waals surface area contributed by atoms with Gasteiger partial charge in [-0.1, -0.05) is 13.8 Å². The molecule has 0 amide bonds. The number of carboxylic acid groups (broad SMARTS) is 1. The lowest BCUT2D eigenvalue weighted by atomic mass is 10.1. The molecule has 4 nitrogen and oxygen atoms in total. The minimum absolute atomic E-state index is 0.405. The van der Waals surface area contributed by atoms with E-state index in [9.17, 15) is 4.79 Å². The normalized spacial score (nSPS) is 11.2. The van der Waals surface area contributed by atoms with Crippen LogP contribution in [0.3, 0.4) is 0 Å². The third-order valence-corrected chi connectivity index (χ3v) is 3.89. The molecule has 0 atom stereocenters. The predicted molar refractivity (Wildman–Crippen MR) is 78.0 cm³/mol. The number of ether oxygens (including phenoxy) is 1. The summed E-state index contributed by atoms with van der Waals surface area (Å²) < 4.78 is 5.50. The van der Waals surface area contributed by atoms with E-state index in [1.807, 2.05) is 6.92 Å².